The Morgan fingerprint density at radius 2 is 1.97 bits per heavy atom. The average molecular weight is 391 g/mol. The molecule has 1 aromatic heterocycles. The van der Waals surface area contributed by atoms with Gasteiger partial charge in [0.15, 0.2) is 0 Å². The minimum absolute atomic E-state index is 0.275. The third-order valence-corrected chi connectivity index (χ3v) is 5.94. The lowest BCUT2D eigenvalue weighted by Gasteiger charge is -2.17. The fraction of sp³-hybridized carbons (Fsp3) is 0.400. The van der Waals surface area contributed by atoms with E-state index in [1.807, 2.05) is 6.07 Å². The molecule has 0 radical (unpaired) electrons. The molecule has 0 aliphatic carbocycles. The maximum atomic E-state index is 12.1. The zero-order chi connectivity index (χ0) is 20.4. The number of aryl methyl sites for hydroxylation is 1. The van der Waals surface area contributed by atoms with Crippen LogP contribution in [0.2, 0.25) is 0 Å². The van der Waals surface area contributed by atoms with Gasteiger partial charge in [-0.15, -0.1) is 0 Å². The first-order valence-electron chi connectivity index (χ1n) is 10.6. The van der Waals surface area contributed by atoms with Crippen LogP contribution in [0.4, 0.5) is 0 Å². The van der Waals surface area contributed by atoms with E-state index in [4.69, 9.17) is 4.42 Å². The topological polar surface area (TPSA) is 45.5 Å². The number of hydrogen-bond acceptors (Lipinski definition) is 4. The molecule has 4 heteroatoms. The predicted octanol–water partition coefficient (Wildman–Crippen LogP) is 4.59. The van der Waals surface area contributed by atoms with Crippen LogP contribution in [0.25, 0.3) is 11.0 Å². The van der Waals surface area contributed by atoms with Gasteiger partial charge in [-0.1, -0.05) is 44.2 Å². The van der Waals surface area contributed by atoms with E-state index in [2.05, 4.69) is 67.4 Å². The van der Waals surface area contributed by atoms with E-state index in [0.29, 0.717) is 24.1 Å². The molecule has 29 heavy (non-hydrogen) atoms. The summed E-state index contributed by atoms with van der Waals surface area (Å²) in [5, 5.41) is 4.72. The SMILES string of the molecule is Cc1cc2oc(=O)cc(CN[C@H]3CCN(Cc4ccccc4)C3)c2cc1C(C)C. The van der Waals surface area contributed by atoms with E-state index in [1.165, 1.54) is 16.7 Å². The van der Waals surface area contributed by atoms with Crippen molar-refractivity contribution in [3.63, 3.8) is 0 Å². The van der Waals surface area contributed by atoms with E-state index >= 15 is 0 Å². The molecule has 1 aliphatic rings. The molecule has 2 aromatic carbocycles. The summed E-state index contributed by atoms with van der Waals surface area (Å²) in [5.74, 6) is 0.438. The van der Waals surface area contributed by atoms with Crippen molar-refractivity contribution in [2.45, 2.75) is 52.2 Å². The fourth-order valence-corrected chi connectivity index (χ4v) is 4.40. The second kappa shape index (κ2) is 8.52. The summed E-state index contributed by atoms with van der Waals surface area (Å²) < 4.78 is 5.48. The summed E-state index contributed by atoms with van der Waals surface area (Å²) in [7, 11) is 0. The number of hydrogen-bond donors (Lipinski definition) is 1. The molecule has 1 fully saturated rings. The molecule has 0 bridgehead atoms. The number of nitrogens with zero attached hydrogens (tertiary/aromatic N) is 1. The monoisotopic (exact) mass is 390 g/mol. The van der Waals surface area contributed by atoms with Gasteiger partial charge in [-0.2, -0.15) is 0 Å². The van der Waals surface area contributed by atoms with Crippen molar-refractivity contribution in [3.8, 4) is 0 Å². The highest BCUT2D eigenvalue weighted by molar-refractivity contribution is 5.82. The van der Waals surface area contributed by atoms with Crippen LogP contribution in [0.3, 0.4) is 0 Å². The Morgan fingerprint density at radius 1 is 1.17 bits per heavy atom. The third kappa shape index (κ3) is 4.60. The summed E-state index contributed by atoms with van der Waals surface area (Å²) >= 11 is 0. The number of benzene rings is 2. The Kier molecular flexibility index (Phi) is 5.84. The molecular formula is C25H30N2O2. The smallest absolute Gasteiger partial charge is 0.336 e. The van der Waals surface area contributed by atoms with Gasteiger partial charge in [0.25, 0.3) is 0 Å². The molecule has 1 aliphatic heterocycles. The average Bonchev–Trinajstić information content (AvgIpc) is 3.13. The summed E-state index contributed by atoms with van der Waals surface area (Å²) in [6, 6.07) is 16.9. The quantitative estimate of drug-likeness (QED) is 0.626. The highest BCUT2D eigenvalue weighted by Gasteiger charge is 2.22. The summed E-state index contributed by atoms with van der Waals surface area (Å²) in [4.78, 5) is 14.6. The molecule has 4 nitrogen and oxygen atoms in total. The molecule has 152 valence electrons. The molecule has 1 saturated heterocycles. The zero-order valence-electron chi connectivity index (χ0n) is 17.6. The Labute approximate surface area is 172 Å². The Morgan fingerprint density at radius 3 is 2.72 bits per heavy atom. The highest BCUT2D eigenvalue weighted by atomic mass is 16.4. The maximum Gasteiger partial charge on any atom is 0.336 e. The van der Waals surface area contributed by atoms with Crippen LogP contribution in [0.5, 0.6) is 0 Å². The van der Waals surface area contributed by atoms with Crippen molar-refractivity contribution >= 4 is 11.0 Å². The molecule has 0 spiro atoms. The van der Waals surface area contributed by atoms with Crippen molar-refractivity contribution in [2.24, 2.45) is 0 Å². The lowest BCUT2D eigenvalue weighted by Crippen LogP contribution is -2.32. The van der Waals surface area contributed by atoms with Crippen molar-refractivity contribution in [3.05, 3.63) is 81.2 Å². The highest BCUT2D eigenvalue weighted by Crippen LogP contribution is 2.27. The first kappa shape index (κ1) is 19.9. The van der Waals surface area contributed by atoms with Gasteiger partial charge in [0.2, 0.25) is 0 Å². The molecule has 2 heterocycles. The van der Waals surface area contributed by atoms with Crippen LogP contribution in [-0.2, 0) is 13.1 Å². The van der Waals surface area contributed by atoms with Crippen LogP contribution < -0.4 is 10.9 Å². The summed E-state index contributed by atoms with van der Waals surface area (Å²) in [5.41, 5.74) is 5.28. The standard InChI is InChI=1S/C25H30N2O2/c1-17(2)22-13-23-20(12-25(28)29-24(23)11-18(22)3)14-26-21-9-10-27(16-21)15-19-7-5-4-6-8-19/h4-8,11-13,17,21,26H,9-10,14-16H2,1-3H3/t21-/m0/s1. The Balaban J connectivity index is 1.47. The van der Waals surface area contributed by atoms with Gasteiger partial charge >= 0.3 is 5.63 Å². The molecule has 1 atom stereocenters. The molecule has 3 aromatic rings. The third-order valence-electron chi connectivity index (χ3n) is 5.94. The van der Waals surface area contributed by atoms with E-state index in [1.54, 1.807) is 6.07 Å². The lowest BCUT2D eigenvalue weighted by atomic mass is 9.95. The molecule has 4 rings (SSSR count). The van der Waals surface area contributed by atoms with Gasteiger partial charge in [0, 0.05) is 43.7 Å². The van der Waals surface area contributed by atoms with Crippen LogP contribution in [0, 0.1) is 6.92 Å². The van der Waals surface area contributed by atoms with Gasteiger partial charge in [-0.3, -0.25) is 4.90 Å². The Bertz CT molecular complexity index is 1040. The maximum absolute atomic E-state index is 12.1. The van der Waals surface area contributed by atoms with Gasteiger partial charge in [-0.05, 0) is 53.6 Å². The second-order valence-corrected chi connectivity index (χ2v) is 8.54. The summed E-state index contributed by atoms with van der Waals surface area (Å²) in [6.07, 6.45) is 1.13. The minimum Gasteiger partial charge on any atom is -0.423 e. The zero-order valence-corrected chi connectivity index (χ0v) is 17.6. The van der Waals surface area contributed by atoms with Crippen molar-refractivity contribution < 1.29 is 4.42 Å². The van der Waals surface area contributed by atoms with Crippen molar-refractivity contribution in [1.82, 2.24) is 10.2 Å². The van der Waals surface area contributed by atoms with Crippen LogP contribution >= 0.6 is 0 Å². The van der Waals surface area contributed by atoms with Gasteiger partial charge in [0.05, 0.1) is 0 Å². The van der Waals surface area contributed by atoms with Crippen molar-refractivity contribution in [2.75, 3.05) is 13.1 Å². The number of fused-ring (bicyclic) bond motifs is 1. The van der Waals surface area contributed by atoms with Gasteiger partial charge in [-0.25, -0.2) is 4.79 Å². The van der Waals surface area contributed by atoms with Gasteiger partial charge in [0.1, 0.15) is 5.58 Å². The van der Waals surface area contributed by atoms with Crippen LogP contribution in [0.15, 0.2) is 57.7 Å². The lowest BCUT2D eigenvalue weighted by molar-refractivity contribution is 0.320. The first-order chi connectivity index (χ1) is 14.0. The normalized spacial score (nSPS) is 17.4. The summed E-state index contributed by atoms with van der Waals surface area (Å²) in [6.45, 7) is 10.3. The van der Waals surface area contributed by atoms with Gasteiger partial charge < -0.3 is 9.73 Å². The molecule has 1 N–H and O–H groups in total. The molecule has 0 saturated carbocycles. The number of likely N-dealkylation sites (tertiary alicyclic amines) is 1. The fourth-order valence-electron chi connectivity index (χ4n) is 4.40. The van der Waals surface area contributed by atoms with E-state index in [0.717, 1.165) is 37.0 Å². The second-order valence-electron chi connectivity index (χ2n) is 8.54. The van der Waals surface area contributed by atoms with Crippen LogP contribution in [-0.4, -0.2) is 24.0 Å². The van der Waals surface area contributed by atoms with Crippen LogP contribution in [0.1, 0.15) is 48.4 Å². The van der Waals surface area contributed by atoms with Crippen molar-refractivity contribution in [1.29, 1.82) is 0 Å². The molecule has 0 unspecified atom stereocenters. The molecule has 0 amide bonds. The predicted molar refractivity (Wildman–Crippen MR) is 118 cm³/mol. The minimum atomic E-state index is -0.275. The first-order valence-corrected chi connectivity index (χ1v) is 10.6. The van der Waals surface area contributed by atoms with E-state index in [-0.39, 0.29) is 5.63 Å². The Hall–Kier alpha value is -2.43. The van der Waals surface area contributed by atoms with E-state index in [9.17, 15) is 4.79 Å². The largest absolute Gasteiger partial charge is 0.423 e. The van der Waals surface area contributed by atoms with E-state index < -0.39 is 0 Å². The number of rotatable bonds is 6. The number of nitrogens with one attached hydrogen (secondary N) is 1. The molecular weight excluding hydrogens is 360 g/mol.